The molecule has 2 aromatic rings. The van der Waals surface area contributed by atoms with E-state index in [2.05, 4.69) is 10.5 Å². The smallest absolute Gasteiger partial charge is 0.277 e. The number of amides is 1. The van der Waals surface area contributed by atoms with Crippen LogP contribution in [0.3, 0.4) is 0 Å². The topological polar surface area (TPSA) is 70.9 Å². The van der Waals surface area contributed by atoms with Crippen molar-refractivity contribution < 1.29 is 14.6 Å². The number of hydrogen-bond donors (Lipinski definition) is 2. The first-order chi connectivity index (χ1) is 10.6. The average molecular weight is 319 g/mol. The number of phenolic OH excluding ortho intramolecular Hbond substituents is 1. The highest BCUT2D eigenvalue weighted by Crippen LogP contribution is 2.19. The Bertz CT molecular complexity index is 702. The van der Waals surface area contributed by atoms with Gasteiger partial charge in [-0.15, -0.1) is 0 Å². The van der Waals surface area contributed by atoms with E-state index in [1.807, 2.05) is 0 Å². The number of nitrogens with zero attached hydrogens (tertiary/aromatic N) is 1. The maximum Gasteiger partial charge on any atom is 0.277 e. The van der Waals surface area contributed by atoms with Crippen LogP contribution in [0.5, 0.6) is 11.5 Å². The molecule has 2 N–H and O–H groups in total. The van der Waals surface area contributed by atoms with Gasteiger partial charge in [0.15, 0.2) is 6.61 Å². The van der Waals surface area contributed by atoms with Crippen LogP contribution in [0.15, 0.2) is 47.6 Å². The van der Waals surface area contributed by atoms with Gasteiger partial charge < -0.3 is 9.84 Å². The van der Waals surface area contributed by atoms with Crippen LogP contribution >= 0.6 is 11.6 Å². The van der Waals surface area contributed by atoms with E-state index in [9.17, 15) is 9.90 Å². The molecule has 0 saturated heterocycles. The summed E-state index contributed by atoms with van der Waals surface area (Å²) >= 11 is 5.81. The summed E-state index contributed by atoms with van der Waals surface area (Å²) in [6.45, 7) is 1.60. The van der Waals surface area contributed by atoms with Crippen LogP contribution in [0, 0.1) is 6.92 Å². The third-order valence-electron chi connectivity index (χ3n) is 2.83. The predicted molar refractivity (Wildman–Crippen MR) is 85.5 cm³/mol. The summed E-state index contributed by atoms with van der Waals surface area (Å²) in [5, 5.41) is 14.1. The van der Waals surface area contributed by atoms with Gasteiger partial charge in [0.25, 0.3) is 5.91 Å². The van der Waals surface area contributed by atoms with Crippen LogP contribution in [0.4, 0.5) is 0 Å². The lowest BCUT2D eigenvalue weighted by Gasteiger charge is -2.05. The number of phenols is 1. The molecule has 114 valence electrons. The van der Waals surface area contributed by atoms with Crippen molar-refractivity contribution >= 4 is 23.7 Å². The second kappa shape index (κ2) is 7.47. The molecule has 6 heteroatoms. The van der Waals surface area contributed by atoms with Gasteiger partial charge in [-0.3, -0.25) is 4.79 Å². The number of aryl methyl sites for hydroxylation is 1. The first kappa shape index (κ1) is 15.9. The fourth-order valence-corrected chi connectivity index (χ4v) is 1.88. The van der Waals surface area contributed by atoms with Gasteiger partial charge in [0, 0.05) is 10.6 Å². The fourth-order valence-electron chi connectivity index (χ4n) is 1.70. The van der Waals surface area contributed by atoms with Gasteiger partial charge in [0.2, 0.25) is 0 Å². The quantitative estimate of drug-likeness (QED) is 0.658. The minimum absolute atomic E-state index is 0.135. The molecule has 0 saturated carbocycles. The van der Waals surface area contributed by atoms with E-state index in [-0.39, 0.29) is 12.4 Å². The largest absolute Gasteiger partial charge is 0.507 e. The van der Waals surface area contributed by atoms with Crippen molar-refractivity contribution in [3.63, 3.8) is 0 Å². The molecule has 0 aliphatic carbocycles. The minimum atomic E-state index is -0.414. The molecule has 0 bridgehead atoms. The van der Waals surface area contributed by atoms with Crippen LogP contribution in [-0.2, 0) is 4.79 Å². The third-order valence-corrected chi connectivity index (χ3v) is 3.06. The second-order valence-electron chi connectivity index (χ2n) is 4.55. The number of nitrogens with one attached hydrogen (secondary N) is 1. The fraction of sp³-hybridized carbons (Fsp3) is 0.125. The molecule has 0 spiro atoms. The van der Waals surface area contributed by atoms with E-state index in [0.29, 0.717) is 16.3 Å². The molecule has 0 atom stereocenters. The summed E-state index contributed by atoms with van der Waals surface area (Å²) in [5.41, 5.74) is 3.58. The van der Waals surface area contributed by atoms with Crippen molar-refractivity contribution in [3.05, 3.63) is 58.6 Å². The number of rotatable bonds is 5. The Kier molecular flexibility index (Phi) is 5.38. The molecule has 0 aliphatic rings. The van der Waals surface area contributed by atoms with Gasteiger partial charge >= 0.3 is 0 Å². The molecule has 0 aromatic heterocycles. The summed E-state index contributed by atoms with van der Waals surface area (Å²) in [5.74, 6) is 0.224. The van der Waals surface area contributed by atoms with E-state index in [1.165, 1.54) is 6.21 Å². The molecule has 5 nitrogen and oxygen atoms in total. The predicted octanol–water partition coefficient (Wildman–Crippen LogP) is 2.88. The molecule has 0 radical (unpaired) electrons. The van der Waals surface area contributed by atoms with Crippen LogP contribution in [0.25, 0.3) is 0 Å². The summed E-state index contributed by atoms with van der Waals surface area (Å²) in [6, 6.07) is 12.0. The lowest BCUT2D eigenvalue weighted by Crippen LogP contribution is -2.24. The van der Waals surface area contributed by atoms with Crippen molar-refractivity contribution in [1.82, 2.24) is 5.43 Å². The summed E-state index contributed by atoms with van der Waals surface area (Å²) in [6.07, 6.45) is 1.37. The molecular formula is C16H15ClN2O3. The number of carbonyl (C=O) groups excluding carboxylic acids is 1. The lowest BCUT2D eigenvalue weighted by atomic mass is 10.1. The molecule has 22 heavy (non-hydrogen) atoms. The van der Waals surface area contributed by atoms with Crippen molar-refractivity contribution in [3.8, 4) is 11.5 Å². The average Bonchev–Trinajstić information content (AvgIpc) is 2.49. The Labute approximate surface area is 133 Å². The van der Waals surface area contributed by atoms with Crippen molar-refractivity contribution in [1.29, 1.82) is 0 Å². The van der Waals surface area contributed by atoms with Crippen molar-refractivity contribution in [2.75, 3.05) is 6.61 Å². The van der Waals surface area contributed by atoms with Gasteiger partial charge in [-0.2, -0.15) is 5.10 Å². The molecule has 2 rings (SSSR count). The zero-order valence-electron chi connectivity index (χ0n) is 11.9. The highest BCUT2D eigenvalue weighted by atomic mass is 35.5. The summed E-state index contributed by atoms with van der Waals surface area (Å²) < 4.78 is 5.27. The van der Waals surface area contributed by atoms with Crippen LogP contribution in [0.2, 0.25) is 5.02 Å². The zero-order valence-corrected chi connectivity index (χ0v) is 12.7. The number of hydrogen-bond acceptors (Lipinski definition) is 4. The molecular weight excluding hydrogens is 304 g/mol. The first-order valence-electron chi connectivity index (χ1n) is 6.55. The van der Waals surface area contributed by atoms with Crippen LogP contribution in [-0.4, -0.2) is 23.8 Å². The minimum Gasteiger partial charge on any atom is -0.507 e. The van der Waals surface area contributed by atoms with Gasteiger partial charge in [-0.1, -0.05) is 29.8 Å². The van der Waals surface area contributed by atoms with Crippen LogP contribution in [0.1, 0.15) is 11.1 Å². The highest BCUT2D eigenvalue weighted by Gasteiger charge is 2.03. The Morgan fingerprint density at radius 1 is 1.36 bits per heavy atom. The maximum absolute atomic E-state index is 11.6. The number of benzene rings is 2. The maximum atomic E-state index is 11.6. The van der Waals surface area contributed by atoms with E-state index in [4.69, 9.17) is 16.3 Å². The van der Waals surface area contributed by atoms with Gasteiger partial charge in [-0.05, 0) is 36.8 Å². The Morgan fingerprint density at radius 3 is 2.91 bits per heavy atom. The summed E-state index contributed by atoms with van der Waals surface area (Å²) in [7, 11) is 0. The first-order valence-corrected chi connectivity index (χ1v) is 6.93. The highest BCUT2D eigenvalue weighted by molar-refractivity contribution is 6.30. The van der Waals surface area contributed by atoms with E-state index < -0.39 is 5.91 Å². The monoisotopic (exact) mass is 318 g/mol. The SMILES string of the molecule is Cc1cccc(/C=N/NC(=O)COc2cccc(Cl)c2)c1O. The van der Waals surface area contributed by atoms with E-state index >= 15 is 0 Å². The number of halogens is 1. The molecule has 0 aliphatic heterocycles. The van der Waals surface area contributed by atoms with Crippen molar-refractivity contribution in [2.45, 2.75) is 6.92 Å². The van der Waals surface area contributed by atoms with Gasteiger partial charge in [0.05, 0.1) is 6.21 Å². The normalized spacial score (nSPS) is 10.6. The second-order valence-corrected chi connectivity index (χ2v) is 4.99. The molecule has 0 fully saturated rings. The van der Waals surface area contributed by atoms with Crippen molar-refractivity contribution in [2.24, 2.45) is 5.10 Å². The number of carbonyl (C=O) groups is 1. The number of ether oxygens (including phenoxy) is 1. The lowest BCUT2D eigenvalue weighted by molar-refractivity contribution is -0.123. The summed E-state index contributed by atoms with van der Waals surface area (Å²) in [4.78, 5) is 11.6. The Morgan fingerprint density at radius 2 is 2.14 bits per heavy atom. The van der Waals surface area contributed by atoms with Crippen LogP contribution < -0.4 is 10.2 Å². The Hall–Kier alpha value is -2.53. The molecule has 2 aromatic carbocycles. The Balaban J connectivity index is 1.85. The number of para-hydroxylation sites is 1. The molecule has 0 unspecified atom stereocenters. The van der Waals surface area contributed by atoms with E-state index in [1.54, 1.807) is 49.4 Å². The number of hydrazone groups is 1. The standard InChI is InChI=1S/C16H15ClN2O3/c1-11-4-2-5-12(16(11)21)9-18-19-15(20)10-22-14-7-3-6-13(17)8-14/h2-9,21H,10H2,1H3,(H,19,20)/b18-9+. The molecule has 0 heterocycles. The third kappa shape index (κ3) is 4.49. The molecule has 1 amide bonds. The van der Waals surface area contributed by atoms with E-state index in [0.717, 1.165) is 5.56 Å². The van der Waals surface area contributed by atoms with Gasteiger partial charge in [0.1, 0.15) is 11.5 Å². The zero-order chi connectivity index (χ0) is 15.9. The van der Waals surface area contributed by atoms with Gasteiger partial charge in [-0.25, -0.2) is 5.43 Å². The number of aromatic hydroxyl groups is 1.